The van der Waals surface area contributed by atoms with Crippen LogP contribution in [0.2, 0.25) is 0 Å². The lowest BCUT2D eigenvalue weighted by molar-refractivity contribution is -0.119. The van der Waals surface area contributed by atoms with Gasteiger partial charge >= 0.3 is 0 Å². The SMILES string of the molecule is Cc1ccc(C(=C[C@H]2CCC(=O)N2)c2ccc(C3CC3)c(=O)[nH]2)cc1. The highest BCUT2D eigenvalue weighted by atomic mass is 16.2. The molecule has 1 aliphatic carbocycles. The molecule has 0 spiro atoms. The molecule has 2 heterocycles. The van der Waals surface area contributed by atoms with E-state index in [0.29, 0.717) is 12.3 Å². The first kappa shape index (κ1) is 15.9. The largest absolute Gasteiger partial charge is 0.350 e. The number of nitrogens with one attached hydrogen (secondary N) is 2. The Hall–Kier alpha value is -2.62. The van der Waals surface area contributed by atoms with Crippen molar-refractivity contribution in [3.8, 4) is 0 Å². The number of benzene rings is 1. The lowest BCUT2D eigenvalue weighted by Gasteiger charge is -2.13. The van der Waals surface area contributed by atoms with Crippen LogP contribution in [0.5, 0.6) is 0 Å². The second-order valence-electron chi connectivity index (χ2n) is 7.09. The molecule has 1 atom stereocenters. The number of rotatable bonds is 4. The van der Waals surface area contributed by atoms with E-state index in [1.54, 1.807) is 0 Å². The summed E-state index contributed by atoms with van der Waals surface area (Å²) in [5.41, 5.74) is 4.90. The molecule has 4 heteroatoms. The monoisotopic (exact) mass is 334 g/mol. The summed E-state index contributed by atoms with van der Waals surface area (Å²) in [6.07, 6.45) is 5.63. The number of hydrogen-bond acceptors (Lipinski definition) is 2. The van der Waals surface area contributed by atoms with E-state index < -0.39 is 0 Å². The maximum atomic E-state index is 12.4. The minimum atomic E-state index is 0.00784. The van der Waals surface area contributed by atoms with Gasteiger partial charge in [0.05, 0.1) is 0 Å². The molecule has 1 saturated carbocycles. The van der Waals surface area contributed by atoms with Crippen molar-refractivity contribution >= 4 is 11.5 Å². The van der Waals surface area contributed by atoms with Crippen LogP contribution in [0.1, 0.15) is 54.0 Å². The Morgan fingerprint density at radius 1 is 1.04 bits per heavy atom. The lowest BCUT2D eigenvalue weighted by Crippen LogP contribution is -2.23. The third kappa shape index (κ3) is 3.43. The van der Waals surface area contributed by atoms with E-state index in [4.69, 9.17) is 0 Å². The van der Waals surface area contributed by atoms with Crippen LogP contribution in [-0.2, 0) is 4.79 Å². The molecule has 0 bridgehead atoms. The Bertz CT molecular complexity index is 889. The molecule has 0 radical (unpaired) electrons. The number of aryl methyl sites for hydroxylation is 1. The van der Waals surface area contributed by atoms with Gasteiger partial charge in [0.2, 0.25) is 5.91 Å². The fraction of sp³-hybridized carbons (Fsp3) is 0.333. The first-order valence-corrected chi connectivity index (χ1v) is 8.92. The zero-order valence-corrected chi connectivity index (χ0v) is 14.3. The Morgan fingerprint density at radius 2 is 1.80 bits per heavy atom. The summed E-state index contributed by atoms with van der Waals surface area (Å²) < 4.78 is 0. The van der Waals surface area contributed by atoms with Crippen LogP contribution < -0.4 is 10.9 Å². The number of pyridine rings is 1. The van der Waals surface area contributed by atoms with Gasteiger partial charge in [-0.1, -0.05) is 42.0 Å². The van der Waals surface area contributed by atoms with Gasteiger partial charge in [0, 0.05) is 29.3 Å². The van der Waals surface area contributed by atoms with Crippen molar-refractivity contribution in [3.63, 3.8) is 0 Å². The smallest absolute Gasteiger partial charge is 0.251 e. The summed E-state index contributed by atoms with van der Waals surface area (Å²) in [4.78, 5) is 27.0. The van der Waals surface area contributed by atoms with Crippen LogP contribution in [-0.4, -0.2) is 16.9 Å². The molecule has 4 rings (SSSR count). The highest BCUT2D eigenvalue weighted by Gasteiger charge is 2.26. The van der Waals surface area contributed by atoms with Crippen LogP contribution in [0.3, 0.4) is 0 Å². The van der Waals surface area contributed by atoms with Gasteiger partial charge in [-0.3, -0.25) is 9.59 Å². The van der Waals surface area contributed by atoms with E-state index in [0.717, 1.165) is 41.7 Å². The Labute approximate surface area is 147 Å². The topological polar surface area (TPSA) is 62.0 Å². The van der Waals surface area contributed by atoms with Gasteiger partial charge in [-0.25, -0.2) is 0 Å². The van der Waals surface area contributed by atoms with Gasteiger partial charge in [-0.15, -0.1) is 0 Å². The maximum absolute atomic E-state index is 12.4. The number of amides is 1. The van der Waals surface area contributed by atoms with E-state index >= 15 is 0 Å². The molecule has 1 saturated heterocycles. The Kier molecular flexibility index (Phi) is 4.04. The van der Waals surface area contributed by atoms with Gasteiger partial charge < -0.3 is 10.3 Å². The van der Waals surface area contributed by atoms with Crippen molar-refractivity contribution in [1.82, 2.24) is 10.3 Å². The van der Waals surface area contributed by atoms with Crippen molar-refractivity contribution in [2.75, 3.05) is 0 Å². The summed E-state index contributed by atoms with van der Waals surface area (Å²) in [6.45, 7) is 2.05. The van der Waals surface area contributed by atoms with Crippen molar-refractivity contribution in [1.29, 1.82) is 0 Å². The molecule has 2 aromatic rings. The highest BCUT2D eigenvalue weighted by Crippen LogP contribution is 2.38. The first-order valence-electron chi connectivity index (χ1n) is 8.92. The molecule has 4 nitrogen and oxygen atoms in total. The van der Waals surface area contributed by atoms with Crippen LogP contribution in [0.15, 0.2) is 47.3 Å². The predicted octanol–water partition coefficient (Wildman–Crippen LogP) is 3.27. The average Bonchev–Trinajstić information content (AvgIpc) is 3.35. The van der Waals surface area contributed by atoms with Gasteiger partial charge in [0.1, 0.15) is 0 Å². The summed E-state index contributed by atoms with van der Waals surface area (Å²) >= 11 is 0. The molecular weight excluding hydrogens is 312 g/mol. The fourth-order valence-electron chi connectivity index (χ4n) is 3.40. The molecule has 0 unspecified atom stereocenters. The molecule has 2 N–H and O–H groups in total. The molecular formula is C21H22N2O2. The molecule has 2 aliphatic rings. The molecule has 1 amide bonds. The zero-order chi connectivity index (χ0) is 17.4. The normalized spacial score (nSPS) is 20.6. The van der Waals surface area contributed by atoms with E-state index in [1.165, 1.54) is 5.56 Å². The third-order valence-electron chi connectivity index (χ3n) is 5.01. The number of carbonyl (C=O) groups excluding carboxylic acids is 1. The zero-order valence-electron chi connectivity index (χ0n) is 14.3. The maximum Gasteiger partial charge on any atom is 0.251 e. The van der Waals surface area contributed by atoms with Crippen molar-refractivity contribution in [2.24, 2.45) is 0 Å². The number of aromatic nitrogens is 1. The second-order valence-corrected chi connectivity index (χ2v) is 7.09. The number of aromatic amines is 1. The van der Waals surface area contributed by atoms with Crippen molar-refractivity contribution in [2.45, 2.75) is 44.6 Å². The van der Waals surface area contributed by atoms with Crippen LogP contribution >= 0.6 is 0 Å². The summed E-state index contributed by atoms with van der Waals surface area (Å²) in [5.74, 6) is 0.515. The molecule has 128 valence electrons. The van der Waals surface area contributed by atoms with Gasteiger partial charge in [-0.05, 0) is 43.7 Å². The second kappa shape index (κ2) is 6.36. The molecule has 2 fully saturated rings. The summed E-state index contributed by atoms with van der Waals surface area (Å²) in [7, 11) is 0. The van der Waals surface area contributed by atoms with Crippen LogP contribution in [0, 0.1) is 6.92 Å². The molecule has 1 aromatic heterocycles. The van der Waals surface area contributed by atoms with Crippen molar-refractivity contribution in [3.05, 3.63) is 75.2 Å². The van der Waals surface area contributed by atoms with E-state index in [-0.39, 0.29) is 17.5 Å². The lowest BCUT2D eigenvalue weighted by atomic mass is 9.97. The third-order valence-corrected chi connectivity index (χ3v) is 5.01. The van der Waals surface area contributed by atoms with Gasteiger partial charge in [0.25, 0.3) is 5.56 Å². The predicted molar refractivity (Wildman–Crippen MR) is 98.5 cm³/mol. The van der Waals surface area contributed by atoms with Crippen molar-refractivity contribution < 1.29 is 4.79 Å². The van der Waals surface area contributed by atoms with Crippen LogP contribution in [0.25, 0.3) is 5.57 Å². The first-order chi connectivity index (χ1) is 12.1. The fourth-order valence-corrected chi connectivity index (χ4v) is 3.40. The summed E-state index contributed by atoms with van der Waals surface area (Å²) in [5, 5.41) is 2.98. The number of hydrogen-bond donors (Lipinski definition) is 2. The van der Waals surface area contributed by atoms with E-state index in [1.807, 2.05) is 12.1 Å². The van der Waals surface area contributed by atoms with Crippen LogP contribution in [0.4, 0.5) is 0 Å². The summed E-state index contributed by atoms with van der Waals surface area (Å²) in [6, 6.07) is 12.2. The minimum absolute atomic E-state index is 0.00784. The molecule has 1 aliphatic heterocycles. The highest BCUT2D eigenvalue weighted by molar-refractivity contribution is 5.82. The minimum Gasteiger partial charge on any atom is -0.350 e. The quantitative estimate of drug-likeness (QED) is 0.901. The average molecular weight is 334 g/mol. The Morgan fingerprint density at radius 3 is 2.40 bits per heavy atom. The molecule has 1 aromatic carbocycles. The molecule has 25 heavy (non-hydrogen) atoms. The Balaban J connectivity index is 1.75. The van der Waals surface area contributed by atoms with Gasteiger partial charge in [-0.2, -0.15) is 0 Å². The number of carbonyl (C=O) groups is 1. The van der Waals surface area contributed by atoms with E-state index in [2.05, 4.69) is 47.6 Å². The standard InChI is InChI=1S/C21H22N2O2/c1-13-2-4-15(5-3-13)18(12-16-8-11-20(24)22-16)19-10-9-17(14-6-7-14)21(25)23-19/h2-5,9-10,12,14,16H,6-8,11H2,1H3,(H,22,24)(H,23,25)/t16-/m1/s1. The van der Waals surface area contributed by atoms with E-state index in [9.17, 15) is 9.59 Å². The van der Waals surface area contributed by atoms with Gasteiger partial charge in [0.15, 0.2) is 0 Å². The number of H-pyrrole nitrogens is 1.